The minimum absolute atomic E-state index is 0.0568. The fourth-order valence-corrected chi connectivity index (χ4v) is 2.01. The normalized spacial score (nSPS) is 15.9. The quantitative estimate of drug-likeness (QED) is 0.657. The Kier molecular flexibility index (Phi) is 3.78. The van der Waals surface area contributed by atoms with Crippen LogP contribution in [0.2, 0.25) is 0 Å². The van der Waals surface area contributed by atoms with Crippen LogP contribution in [-0.4, -0.2) is 16.9 Å². The average Bonchev–Trinajstić information content (AvgIpc) is 3.12. The Morgan fingerprint density at radius 3 is 2.84 bits per heavy atom. The summed E-state index contributed by atoms with van der Waals surface area (Å²) in [5.74, 6) is -0.707. The monoisotopic (exact) mass is 266 g/mol. The summed E-state index contributed by atoms with van der Waals surface area (Å²) in [4.78, 5) is 21.8. The summed E-state index contributed by atoms with van der Waals surface area (Å²) in [6.07, 6.45) is 3.21. The van der Waals surface area contributed by atoms with Gasteiger partial charge in [-0.3, -0.25) is 14.9 Å². The Balaban J connectivity index is 2.08. The van der Waals surface area contributed by atoms with Gasteiger partial charge in [-0.1, -0.05) is 12.8 Å². The third-order valence-corrected chi connectivity index (χ3v) is 3.17. The minimum atomic E-state index is -0.748. The largest absolute Gasteiger partial charge is 0.349 e. The minimum Gasteiger partial charge on any atom is -0.349 e. The molecule has 0 spiro atoms. The summed E-state index contributed by atoms with van der Waals surface area (Å²) in [7, 11) is 0. The fraction of sp³-hybridized carbons (Fsp3) is 0.462. The number of amides is 1. The van der Waals surface area contributed by atoms with Crippen LogP contribution in [0, 0.1) is 21.8 Å². The highest BCUT2D eigenvalue weighted by Gasteiger charge is 2.25. The molecule has 1 fully saturated rings. The van der Waals surface area contributed by atoms with E-state index in [2.05, 4.69) is 5.32 Å². The first kappa shape index (κ1) is 13.5. The third kappa shape index (κ3) is 3.49. The molecule has 1 atom stereocenters. The van der Waals surface area contributed by atoms with E-state index in [4.69, 9.17) is 0 Å². The topological polar surface area (TPSA) is 72.2 Å². The molecule has 6 heteroatoms. The predicted octanol–water partition coefficient (Wildman–Crippen LogP) is 2.65. The van der Waals surface area contributed by atoms with E-state index in [1.165, 1.54) is 12.8 Å². The van der Waals surface area contributed by atoms with Crippen LogP contribution in [0.15, 0.2) is 18.2 Å². The molecule has 1 aromatic carbocycles. The zero-order chi connectivity index (χ0) is 14.0. The molecule has 1 N–H and O–H groups in total. The number of halogens is 1. The third-order valence-electron chi connectivity index (χ3n) is 3.17. The van der Waals surface area contributed by atoms with Gasteiger partial charge < -0.3 is 5.32 Å². The van der Waals surface area contributed by atoms with Gasteiger partial charge in [-0.25, -0.2) is 4.39 Å². The van der Waals surface area contributed by atoms with Crippen LogP contribution in [0.5, 0.6) is 0 Å². The molecule has 5 nitrogen and oxygen atoms in total. The van der Waals surface area contributed by atoms with Crippen molar-refractivity contribution in [3.63, 3.8) is 0 Å². The fourth-order valence-electron chi connectivity index (χ4n) is 2.01. The summed E-state index contributed by atoms with van der Waals surface area (Å²) in [6, 6.07) is 2.89. The van der Waals surface area contributed by atoms with Gasteiger partial charge in [0.15, 0.2) is 0 Å². The molecule has 0 saturated heterocycles. The van der Waals surface area contributed by atoms with Gasteiger partial charge in [-0.05, 0) is 25.3 Å². The summed E-state index contributed by atoms with van der Waals surface area (Å²) in [5, 5.41) is 13.3. The van der Waals surface area contributed by atoms with Crippen molar-refractivity contribution in [2.45, 2.75) is 32.2 Å². The Labute approximate surface area is 110 Å². The maximum Gasteiger partial charge on any atom is 0.270 e. The summed E-state index contributed by atoms with van der Waals surface area (Å²) < 4.78 is 13.5. The van der Waals surface area contributed by atoms with E-state index in [0.717, 1.165) is 24.6 Å². The second-order valence-corrected chi connectivity index (χ2v) is 4.97. The van der Waals surface area contributed by atoms with Crippen LogP contribution >= 0.6 is 0 Å². The zero-order valence-corrected chi connectivity index (χ0v) is 10.6. The van der Waals surface area contributed by atoms with Crippen molar-refractivity contribution < 1.29 is 14.1 Å². The van der Waals surface area contributed by atoms with Gasteiger partial charge in [0, 0.05) is 18.2 Å². The van der Waals surface area contributed by atoms with Crippen LogP contribution in [-0.2, 0) is 0 Å². The van der Waals surface area contributed by atoms with Gasteiger partial charge >= 0.3 is 0 Å². The highest BCUT2D eigenvalue weighted by Crippen LogP contribution is 2.33. The summed E-state index contributed by atoms with van der Waals surface area (Å²) in [5.41, 5.74) is -0.571. The molecule has 1 unspecified atom stereocenters. The molecule has 0 radical (unpaired) electrons. The lowest BCUT2D eigenvalue weighted by molar-refractivity contribution is -0.384. The molecule has 0 aromatic heterocycles. The Bertz CT molecular complexity index is 515. The Morgan fingerprint density at radius 2 is 2.26 bits per heavy atom. The van der Waals surface area contributed by atoms with Crippen molar-refractivity contribution in [1.29, 1.82) is 0 Å². The van der Waals surface area contributed by atoms with Crippen molar-refractivity contribution in [3.05, 3.63) is 39.7 Å². The summed E-state index contributed by atoms with van der Waals surface area (Å²) >= 11 is 0. The number of nitrogens with zero attached hydrogens (tertiary/aromatic N) is 1. The number of hydrogen-bond donors (Lipinski definition) is 1. The van der Waals surface area contributed by atoms with Crippen molar-refractivity contribution in [1.82, 2.24) is 5.32 Å². The Morgan fingerprint density at radius 1 is 1.58 bits per heavy atom. The molecule has 2 rings (SSSR count). The van der Waals surface area contributed by atoms with E-state index < -0.39 is 16.6 Å². The molecule has 0 bridgehead atoms. The smallest absolute Gasteiger partial charge is 0.270 e. The molecule has 1 aromatic rings. The molecule has 1 amide bonds. The van der Waals surface area contributed by atoms with Gasteiger partial charge in [-0.15, -0.1) is 0 Å². The van der Waals surface area contributed by atoms with Crippen molar-refractivity contribution >= 4 is 11.6 Å². The van der Waals surface area contributed by atoms with Crippen LogP contribution in [0.3, 0.4) is 0 Å². The van der Waals surface area contributed by atoms with Gasteiger partial charge in [0.2, 0.25) is 0 Å². The Hall–Kier alpha value is -1.98. The molecular formula is C13H15FN2O3. The number of rotatable bonds is 5. The maximum absolute atomic E-state index is 13.5. The number of nitro groups is 1. The van der Waals surface area contributed by atoms with Gasteiger partial charge in [0.05, 0.1) is 10.5 Å². The number of benzene rings is 1. The number of non-ortho nitro benzene ring substituents is 1. The van der Waals surface area contributed by atoms with Crippen LogP contribution in [0.25, 0.3) is 0 Å². The van der Waals surface area contributed by atoms with Crippen LogP contribution < -0.4 is 5.32 Å². The van der Waals surface area contributed by atoms with E-state index in [1.54, 1.807) is 0 Å². The first-order chi connectivity index (χ1) is 8.97. The zero-order valence-electron chi connectivity index (χ0n) is 10.6. The standard InChI is InChI=1S/C13H15FN2O3/c1-8(6-9-2-3-9)15-13(17)11-7-10(16(18)19)4-5-12(11)14/h4-5,7-9H,2-3,6H2,1H3,(H,15,17). The SMILES string of the molecule is CC(CC1CC1)NC(=O)c1cc([N+](=O)[O-])ccc1F. The number of nitro benzene ring substituents is 1. The highest BCUT2D eigenvalue weighted by molar-refractivity contribution is 5.95. The molecule has 102 valence electrons. The predicted molar refractivity (Wildman–Crippen MR) is 67.3 cm³/mol. The van der Waals surface area contributed by atoms with E-state index in [0.29, 0.717) is 5.92 Å². The van der Waals surface area contributed by atoms with E-state index in [-0.39, 0.29) is 17.3 Å². The van der Waals surface area contributed by atoms with Crippen molar-refractivity contribution in [2.24, 2.45) is 5.92 Å². The van der Waals surface area contributed by atoms with E-state index in [1.807, 2.05) is 6.92 Å². The van der Waals surface area contributed by atoms with Gasteiger partial charge in [0.1, 0.15) is 5.82 Å². The second-order valence-electron chi connectivity index (χ2n) is 4.97. The molecule has 1 saturated carbocycles. The van der Waals surface area contributed by atoms with Crippen LogP contribution in [0.1, 0.15) is 36.5 Å². The number of nitrogens with one attached hydrogen (secondary N) is 1. The molecule has 0 aliphatic heterocycles. The molecule has 0 heterocycles. The van der Waals surface area contributed by atoms with Crippen molar-refractivity contribution in [3.8, 4) is 0 Å². The first-order valence-electron chi connectivity index (χ1n) is 6.22. The average molecular weight is 266 g/mol. The summed E-state index contributed by atoms with van der Waals surface area (Å²) in [6.45, 7) is 1.85. The lowest BCUT2D eigenvalue weighted by Gasteiger charge is -2.13. The number of carbonyl (C=O) groups excluding carboxylic acids is 1. The molecule has 1 aliphatic carbocycles. The first-order valence-corrected chi connectivity index (χ1v) is 6.22. The van der Waals surface area contributed by atoms with Crippen LogP contribution in [0.4, 0.5) is 10.1 Å². The second kappa shape index (κ2) is 5.34. The van der Waals surface area contributed by atoms with Gasteiger partial charge in [0.25, 0.3) is 11.6 Å². The highest BCUT2D eigenvalue weighted by atomic mass is 19.1. The molecule has 19 heavy (non-hydrogen) atoms. The number of hydrogen-bond acceptors (Lipinski definition) is 3. The van der Waals surface area contributed by atoms with E-state index >= 15 is 0 Å². The number of carbonyl (C=O) groups is 1. The van der Waals surface area contributed by atoms with E-state index in [9.17, 15) is 19.3 Å². The van der Waals surface area contributed by atoms with Gasteiger partial charge in [-0.2, -0.15) is 0 Å². The molecule has 1 aliphatic rings. The maximum atomic E-state index is 13.5. The lowest BCUT2D eigenvalue weighted by atomic mass is 10.1. The van der Waals surface area contributed by atoms with Crippen molar-refractivity contribution in [2.75, 3.05) is 0 Å². The molecular weight excluding hydrogens is 251 g/mol. The lowest BCUT2D eigenvalue weighted by Crippen LogP contribution is -2.33.